The monoisotopic (exact) mass is 572 g/mol. The van der Waals surface area contributed by atoms with Gasteiger partial charge in [-0.15, -0.1) is 11.3 Å². The minimum atomic E-state index is -0.330. The Labute approximate surface area is 222 Å². The van der Waals surface area contributed by atoms with Crippen LogP contribution in [0, 0.1) is 5.92 Å². The van der Waals surface area contributed by atoms with Gasteiger partial charge in [-0.2, -0.15) is 4.98 Å². The number of thiophene rings is 1. The summed E-state index contributed by atoms with van der Waals surface area (Å²) < 4.78 is 11.8. The molecule has 1 aromatic carbocycles. The van der Waals surface area contributed by atoms with Crippen molar-refractivity contribution in [1.82, 2.24) is 15.0 Å². The van der Waals surface area contributed by atoms with Crippen LogP contribution in [0.4, 0.5) is 5.00 Å². The molecular weight excluding hydrogens is 544 g/mol. The molecule has 0 spiro atoms. The zero-order valence-corrected chi connectivity index (χ0v) is 22.6. The summed E-state index contributed by atoms with van der Waals surface area (Å²) in [7, 11) is 0. The number of ether oxygens (including phenoxy) is 1. The molecule has 36 heavy (non-hydrogen) atoms. The third kappa shape index (κ3) is 5.55. The van der Waals surface area contributed by atoms with E-state index in [2.05, 4.69) is 36.3 Å². The van der Waals surface area contributed by atoms with Crippen LogP contribution < -0.4 is 5.32 Å². The van der Waals surface area contributed by atoms with E-state index in [0.29, 0.717) is 35.4 Å². The third-order valence-electron chi connectivity index (χ3n) is 6.78. The summed E-state index contributed by atoms with van der Waals surface area (Å²) in [4.78, 5) is 33.8. The van der Waals surface area contributed by atoms with Crippen molar-refractivity contribution in [2.24, 2.45) is 5.92 Å². The molecule has 2 aromatic heterocycles. The van der Waals surface area contributed by atoms with Crippen LogP contribution in [0.25, 0.3) is 11.4 Å². The fraction of sp³-hybridized carbons (Fsp3) is 0.462. The van der Waals surface area contributed by atoms with E-state index in [1.807, 2.05) is 24.3 Å². The highest BCUT2D eigenvalue weighted by atomic mass is 79.9. The van der Waals surface area contributed by atoms with Crippen LogP contribution in [-0.2, 0) is 28.9 Å². The highest BCUT2D eigenvalue weighted by Gasteiger charge is 2.30. The molecule has 0 saturated carbocycles. The summed E-state index contributed by atoms with van der Waals surface area (Å²) in [5.41, 5.74) is 2.54. The van der Waals surface area contributed by atoms with E-state index in [0.717, 1.165) is 67.2 Å². The molecule has 0 unspecified atom stereocenters. The lowest BCUT2D eigenvalue weighted by Crippen LogP contribution is -2.37. The summed E-state index contributed by atoms with van der Waals surface area (Å²) >= 11 is 4.97. The van der Waals surface area contributed by atoms with Gasteiger partial charge in [-0.05, 0) is 88.4 Å². The van der Waals surface area contributed by atoms with Crippen molar-refractivity contribution >= 4 is 44.1 Å². The maximum atomic E-state index is 13.1. The number of halogens is 1. The fourth-order valence-electron chi connectivity index (χ4n) is 4.87. The first-order valence-electron chi connectivity index (χ1n) is 12.4. The Morgan fingerprint density at radius 2 is 1.94 bits per heavy atom. The number of benzene rings is 1. The number of nitrogens with one attached hydrogen (secondary N) is 1. The Morgan fingerprint density at radius 1 is 1.19 bits per heavy atom. The largest absolute Gasteiger partial charge is 0.462 e. The van der Waals surface area contributed by atoms with Gasteiger partial charge in [0.1, 0.15) is 5.00 Å². The standard InChI is InChI=1S/C26H29BrN4O4S/c1-2-34-26(33)22-19-5-3-4-6-20(19)36-25(22)29-24(32)17-11-13-31(14-12-17)15-21-28-23(30-35-21)16-7-9-18(27)10-8-16/h7-10,17H,2-6,11-15H2,1H3,(H,29,32). The summed E-state index contributed by atoms with van der Waals surface area (Å²) in [6, 6.07) is 7.78. The van der Waals surface area contributed by atoms with Crippen molar-refractivity contribution in [2.45, 2.75) is 52.0 Å². The molecule has 1 aliphatic heterocycles. The number of hydrogen-bond acceptors (Lipinski definition) is 8. The first-order valence-corrected chi connectivity index (χ1v) is 14.1. The van der Waals surface area contributed by atoms with Crippen LogP contribution in [0.3, 0.4) is 0 Å². The second kappa shape index (κ2) is 11.2. The van der Waals surface area contributed by atoms with Crippen molar-refractivity contribution in [3.8, 4) is 11.4 Å². The molecule has 0 atom stereocenters. The Balaban J connectivity index is 1.18. The molecule has 190 valence electrons. The molecule has 2 aliphatic rings. The van der Waals surface area contributed by atoms with Gasteiger partial charge >= 0.3 is 5.97 Å². The molecular formula is C26H29BrN4O4S. The van der Waals surface area contributed by atoms with E-state index in [9.17, 15) is 9.59 Å². The van der Waals surface area contributed by atoms with E-state index in [4.69, 9.17) is 9.26 Å². The number of carbonyl (C=O) groups excluding carboxylic acids is 2. The second-order valence-electron chi connectivity index (χ2n) is 9.19. The maximum absolute atomic E-state index is 13.1. The number of amides is 1. The third-order valence-corrected chi connectivity index (χ3v) is 8.51. The molecule has 1 saturated heterocycles. The van der Waals surface area contributed by atoms with Crippen molar-refractivity contribution in [2.75, 3.05) is 25.0 Å². The number of fused-ring (bicyclic) bond motifs is 1. The predicted octanol–water partition coefficient (Wildman–Crippen LogP) is 5.47. The summed E-state index contributed by atoms with van der Waals surface area (Å²) in [6.07, 6.45) is 5.48. The lowest BCUT2D eigenvalue weighted by Gasteiger charge is -2.30. The first kappa shape index (κ1) is 25.1. The lowest BCUT2D eigenvalue weighted by atomic mass is 9.94. The van der Waals surface area contributed by atoms with Crippen LogP contribution in [0.15, 0.2) is 33.3 Å². The van der Waals surface area contributed by atoms with Gasteiger partial charge in [0.15, 0.2) is 0 Å². The van der Waals surface area contributed by atoms with E-state index in [1.54, 1.807) is 6.92 Å². The van der Waals surface area contributed by atoms with Crippen LogP contribution in [0.5, 0.6) is 0 Å². The highest BCUT2D eigenvalue weighted by Crippen LogP contribution is 2.39. The molecule has 0 bridgehead atoms. The molecule has 3 heterocycles. The topological polar surface area (TPSA) is 97.6 Å². The molecule has 1 aliphatic carbocycles. The van der Waals surface area contributed by atoms with Crippen LogP contribution in [0.1, 0.15) is 59.3 Å². The van der Waals surface area contributed by atoms with Gasteiger partial charge in [-0.25, -0.2) is 4.79 Å². The number of aryl methyl sites for hydroxylation is 1. The van der Waals surface area contributed by atoms with Crippen LogP contribution in [-0.4, -0.2) is 46.6 Å². The SMILES string of the molecule is CCOC(=O)c1c(NC(=O)C2CCN(Cc3nc(-c4ccc(Br)cc4)no3)CC2)sc2c1CCCC2. The minimum Gasteiger partial charge on any atom is -0.462 e. The Kier molecular flexibility index (Phi) is 7.83. The predicted molar refractivity (Wildman–Crippen MR) is 141 cm³/mol. The number of anilines is 1. The normalized spacial score (nSPS) is 16.5. The van der Waals surface area contributed by atoms with E-state index < -0.39 is 0 Å². The fourth-order valence-corrected chi connectivity index (χ4v) is 6.41. The van der Waals surface area contributed by atoms with Gasteiger partial charge in [-0.1, -0.05) is 21.1 Å². The van der Waals surface area contributed by atoms with E-state index in [1.165, 1.54) is 16.2 Å². The zero-order chi connectivity index (χ0) is 25.1. The van der Waals surface area contributed by atoms with Gasteiger partial charge < -0.3 is 14.6 Å². The van der Waals surface area contributed by atoms with Crippen LogP contribution >= 0.6 is 27.3 Å². The summed E-state index contributed by atoms with van der Waals surface area (Å²) in [6.45, 7) is 4.21. The molecule has 10 heteroatoms. The minimum absolute atomic E-state index is 0.0193. The summed E-state index contributed by atoms with van der Waals surface area (Å²) in [5.74, 6) is 0.691. The molecule has 0 radical (unpaired) electrons. The number of esters is 1. The molecule has 1 amide bonds. The first-order chi connectivity index (χ1) is 17.5. The Bertz CT molecular complexity index is 1230. The Hall–Kier alpha value is -2.56. The van der Waals surface area contributed by atoms with Crippen molar-refractivity contribution in [1.29, 1.82) is 0 Å². The van der Waals surface area contributed by atoms with Crippen molar-refractivity contribution < 1.29 is 18.8 Å². The average molecular weight is 574 g/mol. The zero-order valence-electron chi connectivity index (χ0n) is 20.2. The number of rotatable bonds is 7. The summed E-state index contributed by atoms with van der Waals surface area (Å²) in [5, 5.41) is 7.84. The number of likely N-dealkylation sites (tertiary alicyclic amines) is 1. The number of carbonyl (C=O) groups is 2. The van der Waals surface area contributed by atoms with E-state index >= 15 is 0 Å². The van der Waals surface area contributed by atoms with Gasteiger partial charge in [0, 0.05) is 20.8 Å². The average Bonchev–Trinajstić information content (AvgIpc) is 3.49. The quantitative estimate of drug-likeness (QED) is 0.375. The van der Waals surface area contributed by atoms with Gasteiger partial charge in [0.05, 0.1) is 18.7 Å². The number of hydrogen-bond donors (Lipinski definition) is 1. The van der Waals surface area contributed by atoms with E-state index in [-0.39, 0.29) is 17.8 Å². The number of nitrogens with zero attached hydrogens (tertiary/aromatic N) is 3. The van der Waals surface area contributed by atoms with Gasteiger partial charge in [-0.3, -0.25) is 9.69 Å². The van der Waals surface area contributed by atoms with Crippen molar-refractivity contribution in [3.63, 3.8) is 0 Å². The molecule has 1 N–H and O–H groups in total. The van der Waals surface area contributed by atoms with Crippen LogP contribution in [0.2, 0.25) is 0 Å². The number of aromatic nitrogens is 2. The smallest absolute Gasteiger partial charge is 0.341 e. The molecule has 8 nitrogen and oxygen atoms in total. The molecule has 3 aromatic rings. The number of piperidine rings is 1. The molecule has 1 fully saturated rings. The van der Waals surface area contributed by atoms with Crippen molar-refractivity contribution in [3.05, 3.63) is 50.6 Å². The Morgan fingerprint density at radius 3 is 2.69 bits per heavy atom. The van der Waals surface area contributed by atoms with Gasteiger partial charge in [0.25, 0.3) is 0 Å². The second-order valence-corrected chi connectivity index (χ2v) is 11.2. The highest BCUT2D eigenvalue weighted by molar-refractivity contribution is 9.10. The maximum Gasteiger partial charge on any atom is 0.341 e. The van der Waals surface area contributed by atoms with Gasteiger partial charge in [0.2, 0.25) is 17.6 Å². The molecule has 5 rings (SSSR count). The lowest BCUT2D eigenvalue weighted by molar-refractivity contribution is -0.121.